The molecule has 2 atom stereocenters. The van der Waals surface area contributed by atoms with E-state index in [0.717, 1.165) is 33.8 Å². The van der Waals surface area contributed by atoms with E-state index in [1.807, 2.05) is 62.4 Å². The van der Waals surface area contributed by atoms with E-state index in [2.05, 4.69) is 5.32 Å². The molecule has 0 radical (unpaired) electrons. The molecule has 2 aromatic carbocycles. The molecule has 2 aliphatic rings. The lowest BCUT2D eigenvalue weighted by Crippen LogP contribution is -2.36. The Bertz CT molecular complexity index is 1110. The van der Waals surface area contributed by atoms with Gasteiger partial charge in [0.25, 0.3) is 0 Å². The smallest absolute Gasteiger partial charge is 0.336 e. The predicted molar refractivity (Wildman–Crippen MR) is 123 cm³/mol. The van der Waals surface area contributed by atoms with Gasteiger partial charge in [0.05, 0.1) is 19.3 Å². The van der Waals surface area contributed by atoms with Crippen LogP contribution in [0.2, 0.25) is 0 Å². The minimum atomic E-state index is -0.421. The van der Waals surface area contributed by atoms with Crippen LogP contribution in [0.15, 0.2) is 71.1 Å². The second kappa shape index (κ2) is 9.03. The van der Waals surface area contributed by atoms with Gasteiger partial charge in [-0.1, -0.05) is 36.4 Å². The minimum absolute atomic E-state index is 0.0714. The standard InChI is InChI=1S/C27H29NO4/c1-5-32-27(30)24-17(3)28-22-14-19(18-10-12-20(31-4)13-11-18)15-23(29)26(22)25(24)21-9-7-6-8-16(21)2/h6-13,19,25,28H,5,14-15H2,1-4H3. The zero-order chi connectivity index (χ0) is 22.8. The zero-order valence-electron chi connectivity index (χ0n) is 19.0. The Morgan fingerprint density at radius 2 is 1.78 bits per heavy atom. The molecule has 0 saturated heterocycles. The molecule has 0 amide bonds. The van der Waals surface area contributed by atoms with Crippen molar-refractivity contribution in [3.63, 3.8) is 0 Å². The number of benzene rings is 2. The van der Waals surface area contributed by atoms with Crippen LogP contribution in [0.3, 0.4) is 0 Å². The number of ketones is 1. The van der Waals surface area contributed by atoms with Crippen molar-refractivity contribution in [1.29, 1.82) is 0 Å². The summed E-state index contributed by atoms with van der Waals surface area (Å²) in [4.78, 5) is 26.5. The first-order valence-corrected chi connectivity index (χ1v) is 11.0. The van der Waals surface area contributed by atoms with E-state index in [9.17, 15) is 9.59 Å². The molecular formula is C27H29NO4. The van der Waals surface area contributed by atoms with E-state index in [1.54, 1.807) is 14.0 Å². The number of esters is 1. The Hall–Kier alpha value is -3.34. The molecule has 32 heavy (non-hydrogen) atoms. The average molecular weight is 432 g/mol. The highest BCUT2D eigenvalue weighted by atomic mass is 16.5. The third-order valence-electron chi connectivity index (χ3n) is 6.41. The summed E-state index contributed by atoms with van der Waals surface area (Å²) in [5.41, 5.74) is 6.00. The van der Waals surface area contributed by atoms with Crippen LogP contribution in [0, 0.1) is 6.92 Å². The molecule has 4 rings (SSSR count). The van der Waals surface area contributed by atoms with Gasteiger partial charge in [0, 0.05) is 29.3 Å². The van der Waals surface area contributed by atoms with Crippen molar-refractivity contribution in [3.8, 4) is 5.75 Å². The van der Waals surface area contributed by atoms with Gasteiger partial charge in [-0.2, -0.15) is 0 Å². The third-order valence-corrected chi connectivity index (χ3v) is 6.41. The van der Waals surface area contributed by atoms with Crippen molar-refractivity contribution in [1.82, 2.24) is 5.32 Å². The molecule has 2 unspecified atom stereocenters. The molecule has 1 aliphatic heterocycles. The summed E-state index contributed by atoms with van der Waals surface area (Å²) in [5, 5.41) is 3.39. The summed E-state index contributed by atoms with van der Waals surface area (Å²) in [6.07, 6.45) is 1.12. The predicted octanol–water partition coefficient (Wildman–Crippen LogP) is 4.93. The summed E-state index contributed by atoms with van der Waals surface area (Å²) >= 11 is 0. The Kier molecular flexibility index (Phi) is 6.17. The maximum atomic E-state index is 13.6. The van der Waals surface area contributed by atoms with Gasteiger partial charge in [-0.25, -0.2) is 4.79 Å². The molecule has 1 heterocycles. The van der Waals surface area contributed by atoms with Gasteiger partial charge in [-0.05, 0) is 61.9 Å². The number of rotatable bonds is 5. The highest BCUT2D eigenvalue weighted by molar-refractivity contribution is 6.04. The van der Waals surface area contributed by atoms with Crippen molar-refractivity contribution in [2.75, 3.05) is 13.7 Å². The summed E-state index contributed by atoms with van der Waals surface area (Å²) < 4.78 is 10.7. The zero-order valence-corrected chi connectivity index (χ0v) is 19.0. The molecule has 5 heteroatoms. The molecule has 0 bridgehead atoms. The fraction of sp³-hybridized carbons (Fsp3) is 0.333. The number of aryl methyl sites for hydroxylation is 1. The van der Waals surface area contributed by atoms with Crippen LogP contribution >= 0.6 is 0 Å². The molecule has 1 N–H and O–H groups in total. The number of hydrogen-bond donors (Lipinski definition) is 1. The Morgan fingerprint density at radius 1 is 1.06 bits per heavy atom. The molecule has 0 aromatic heterocycles. The van der Waals surface area contributed by atoms with E-state index in [0.29, 0.717) is 24.0 Å². The number of methoxy groups -OCH3 is 1. The van der Waals surface area contributed by atoms with Gasteiger partial charge in [-0.3, -0.25) is 4.79 Å². The average Bonchev–Trinajstić information content (AvgIpc) is 2.78. The first-order valence-electron chi connectivity index (χ1n) is 11.0. The highest BCUT2D eigenvalue weighted by Gasteiger charge is 2.41. The number of Topliss-reactive ketones (excluding diaryl/α,β-unsaturated/α-hetero) is 1. The van der Waals surface area contributed by atoms with Gasteiger partial charge in [0.2, 0.25) is 0 Å². The molecule has 166 valence electrons. The second-order valence-corrected chi connectivity index (χ2v) is 8.37. The topological polar surface area (TPSA) is 64.6 Å². The fourth-order valence-corrected chi connectivity index (χ4v) is 4.85. The van der Waals surface area contributed by atoms with Crippen molar-refractivity contribution >= 4 is 11.8 Å². The molecule has 0 saturated carbocycles. The van der Waals surface area contributed by atoms with Gasteiger partial charge in [0.1, 0.15) is 5.75 Å². The van der Waals surface area contributed by atoms with E-state index in [4.69, 9.17) is 9.47 Å². The quantitative estimate of drug-likeness (QED) is 0.680. The van der Waals surface area contributed by atoms with Gasteiger partial charge in [-0.15, -0.1) is 0 Å². The molecule has 0 fully saturated rings. The van der Waals surface area contributed by atoms with Crippen LogP contribution in [-0.2, 0) is 14.3 Å². The van der Waals surface area contributed by atoms with Crippen LogP contribution in [0.4, 0.5) is 0 Å². The van der Waals surface area contributed by atoms with E-state index in [1.165, 1.54) is 0 Å². The lowest BCUT2D eigenvalue weighted by atomic mass is 9.71. The van der Waals surface area contributed by atoms with E-state index < -0.39 is 5.92 Å². The fourth-order valence-electron chi connectivity index (χ4n) is 4.85. The maximum absolute atomic E-state index is 13.6. The molecule has 0 spiro atoms. The first kappa shape index (κ1) is 21.9. The van der Waals surface area contributed by atoms with Crippen LogP contribution < -0.4 is 10.1 Å². The normalized spacial score (nSPS) is 20.6. The maximum Gasteiger partial charge on any atom is 0.336 e. The Morgan fingerprint density at radius 3 is 2.44 bits per heavy atom. The summed E-state index contributed by atoms with van der Waals surface area (Å²) in [6.45, 7) is 5.99. The van der Waals surface area contributed by atoms with Crippen molar-refractivity contribution < 1.29 is 19.1 Å². The lowest BCUT2D eigenvalue weighted by molar-refractivity contribution is -0.138. The number of carbonyl (C=O) groups is 2. The second-order valence-electron chi connectivity index (χ2n) is 8.37. The molecular weight excluding hydrogens is 402 g/mol. The number of carbonyl (C=O) groups excluding carboxylic acids is 2. The molecule has 2 aromatic rings. The Labute approximate surface area is 189 Å². The number of allylic oxidation sites excluding steroid dienone is 3. The summed E-state index contributed by atoms with van der Waals surface area (Å²) in [6, 6.07) is 15.9. The van der Waals surface area contributed by atoms with Crippen LogP contribution in [0.1, 0.15) is 55.2 Å². The number of ether oxygens (including phenoxy) is 2. The SMILES string of the molecule is CCOC(=O)C1=C(C)NC2=C(C(=O)CC(c3ccc(OC)cc3)C2)C1c1ccccc1C. The molecule has 1 aliphatic carbocycles. The van der Waals surface area contributed by atoms with Gasteiger partial charge < -0.3 is 14.8 Å². The minimum Gasteiger partial charge on any atom is -0.497 e. The lowest BCUT2D eigenvalue weighted by Gasteiger charge is -2.37. The van der Waals surface area contributed by atoms with Crippen molar-refractivity contribution in [2.45, 2.75) is 45.4 Å². The highest BCUT2D eigenvalue weighted by Crippen LogP contribution is 2.46. The van der Waals surface area contributed by atoms with Gasteiger partial charge >= 0.3 is 5.97 Å². The van der Waals surface area contributed by atoms with Crippen LogP contribution in [-0.4, -0.2) is 25.5 Å². The molecule has 5 nitrogen and oxygen atoms in total. The van der Waals surface area contributed by atoms with Crippen molar-refractivity contribution in [3.05, 3.63) is 87.8 Å². The van der Waals surface area contributed by atoms with Crippen LogP contribution in [0.25, 0.3) is 0 Å². The van der Waals surface area contributed by atoms with Gasteiger partial charge in [0.15, 0.2) is 5.78 Å². The number of dihydropyridines is 1. The van der Waals surface area contributed by atoms with E-state index in [-0.39, 0.29) is 24.3 Å². The first-order chi connectivity index (χ1) is 15.4. The van der Waals surface area contributed by atoms with Crippen LogP contribution in [0.5, 0.6) is 5.75 Å². The Balaban J connectivity index is 1.78. The largest absolute Gasteiger partial charge is 0.497 e. The number of hydrogen-bond acceptors (Lipinski definition) is 5. The number of nitrogens with one attached hydrogen (secondary N) is 1. The monoisotopic (exact) mass is 431 g/mol. The van der Waals surface area contributed by atoms with E-state index >= 15 is 0 Å². The van der Waals surface area contributed by atoms with Crippen molar-refractivity contribution in [2.24, 2.45) is 0 Å². The summed E-state index contributed by atoms with van der Waals surface area (Å²) in [5.74, 6) is 0.151. The third kappa shape index (κ3) is 3.95. The summed E-state index contributed by atoms with van der Waals surface area (Å²) in [7, 11) is 1.64.